The number of alkyl halides is 3. The molecule has 3 aromatic rings. The lowest BCUT2D eigenvalue weighted by molar-refractivity contribution is -0.140. The van der Waals surface area contributed by atoms with Crippen LogP contribution in [0, 0.1) is 0 Å². The number of anilines is 2. The smallest absolute Gasteiger partial charge is 0.388 e. The van der Waals surface area contributed by atoms with Crippen LogP contribution in [0.15, 0.2) is 48.5 Å². The second-order valence-corrected chi connectivity index (χ2v) is 9.04. The summed E-state index contributed by atoms with van der Waals surface area (Å²) in [4.78, 5) is 18.3. The van der Waals surface area contributed by atoms with E-state index in [1.165, 1.54) is 6.07 Å². The minimum Gasteiger partial charge on any atom is -0.388 e. The van der Waals surface area contributed by atoms with Gasteiger partial charge in [0.1, 0.15) is 5.69 Å². The molecule has 4 rings (SSSR count). The number of hydrogen-bond donors (Lipinski definition) is 2. The fourth-order valence-electron chi connectivity index (χ4n) is 4.51. The summed E-state index contributed by atoms with van der Waals surface area (Å²) in [6.07, 6.45) is -1.59. The number of nitrogens with one attached hydrogen (secondary N) is 2. The SMILES string of the molecule is CNc1cccc(C(=O)N[C@H]2CC[C@@H](N(C)c3cc(C(F)(F)F)nc4ccc(Cl)cc34)CC2)c1. The standard InChI is InChI=1S/C25H26ClF3N4O/c1-30-18-5-3-4-15(12-18)24(34)31-17-7-9-19(10-8-17)33(2)22-14-23(25(27,28)29)32-21-11-6-16(26)13-20(21)22/h3-6,11-14,17,19,30H,7-10H2,1-2H3,(H,31,34)/t17-,19+. The Hall–Kier alpha value is -3.00. The molecule has 5 nitrogen and oxygen atoms in total. The molecule has 1 heterocycles. The molecular formula is C25H26ClF3N4O. The van der Waals surface area contributed by atoms with E-state index in [9.17, 15) is 18.0 Å². The Kier molecular flexibility index (Phi) is 6.89. The second-order valence-electron chi connectivity index (χ2n) is 8.61. The number of benzene rings is 2. The van der Waals surface area contributed by atoms with Gasteiger partial charge in [-0.15, -0.1) is 0 Å². The van der Waals surface area contributed by atoms with Crippen molar-refractivity contribution in [1.29, 1.82) is 0 Å². The number of amides is 1. The van der Waals surface area contributed by atoms with Gasteiger partial charge in [-0.05, 0) is 68.1 Å². The molecule has 34 heavy (non-hydrogen) atoms. The van der Waals surface area contributed by atoms with Crippen LogP contribution in [0.25, 0.3) is 10.9 Å². The maximum atomic E-state index is 13.5. The van der Waals surface area contributed by atoms with Gasteiger partial charge < -0.3 is 15.5 Å². The maximum absolute atomic E-state index is 13.5. The van der Waals surface area contributed by atoms with Gasteiger partial charge in [-0.1, -0.05) is 17.7 Å². The van der Waals surface area contributed by atoms with Crippen molar-refractivity contribution in [1.82, 2.24) is 10.3 Å². The molecule has 9 heteroatoms. The average molecular weight is 491 g/mol. The summed E-state index contributed by atoms with van der Waals surface area (Å²) in [5.74, 6) is -0.126. The zero-order valence-electron chi connectivity index (χ0n) is 18.9. The zero-order valence-corrected chi connectivity index (χ0v) is 19.7. The first-order valence-corrected chi connectivity index (χ1v) is 11.5. The third-order valence-corrected chi connectivity index (χ3v) is 6.65. The number of rotatable bonds is 5. The number of pyridine rings is 1. The first kappa shape index (κ1) is 24.1. The number of halogens is 4. The number of aromatic nitrogens is 1. The number of hydrogen-bond acceptors (Lipinski definition) is 4. The lowest BCUT2D eigenvalue weighted by atomic mass is 9.89. The van der Waals surface area contributed by atoms with Crippen molar-refractivity contribution in [2.45, 2.75) is 43.9 Å². The molecule has 1 saturated carbocycles. The molecule has 2 aromatic carbocycles. The van der Waals surface area contributed by atoms with Crippen molar-refractivity contribution in [3.8, 4) is 0 Å². The Balaban J connectivity index is 1.48. The topological polar surface area (TPSA) is 57.3 Å². The van der Waals surface area contributed by atoms with Gasteiger partial charge in [0.05, 0.1) is 5.52 Å². The van der Waals surface area contributed by atoms with Gasteiger partial charge in [0.15, 0.2) is 0 Å². The first-order chi connectivity index (χ1) is 16.2. The normalized spacial score (nSPS) is 18.5. The minimum absolute atomic E-state index is 0.0183. The van der Waals surface area contributed by atoms with Crippen molar-refractivity contribution in [3.63, 3.8) is 0 Å². The van der Waals surface area contributed by atoms with E-state index in [0.29, 0.717) is 21.7 Å². The molecule has 0 radical (unpaired) electrons. The monoisotopic (exact) mass is 490 g/mol. The van der Waals surface area contributed by atoms with Crippen molar-refractivity contribution < 1.29 is 18.0 Å². The van der Waals surface area contributed by atoms with E-state index in [-0.39, 0.29) is 23.5 Å². The van der Waals surface area contributed by atoms with Gasteiger partial charge in [-0.25, -0.2) is 4.98 Å². The van der Waals surface area contributed by atoms with Crippen LogP contribution in [0.1, 0.15) is 41.7 Å². The number of nitrogens with zero attached hydrogens (tertiary/aromatic N) is 2. The molecule has 180 valence electrons. The van der Waals surface area contributed by atoms with Crippen molar-refractivity contribution >= 4 is 39.8 Å². The van der Waals surface area contributed by atoms with E-state index in [0.717, 1.165) is 37.4 Å². The molecule has 2 N–H and O–H groups in total. The van der Waals surface area contributed by atoms with Crippen molar-refractivity contribution in [3.05, 3.63) is 64.8 Å². The molecule has 0 spiro atoms. The summed E-state index contributed by atoms with van der Waals surface area (Å²) < 4.78 is 40.5. The molecule has 1 fully saturated rings. The highest BCUT2D eigenvalue weighted by Gasteiger charge is 2.34. The van der Waals surface area contributed by atoms with Crippen LogP contribution in [-0.4, -0.2) is 37.1 Å². The van der Waals surface area contributed by atoms with Crippen LogP contribution in [0.4, 0.5) is 24.5 Å². The zero-order chi connectivity index (χ0) is 24.5. The van der Waals surface area contributed by atoms with Gasteiger partial charge in [-0.2, -0.15) is 13.2 Å². The van der Waals surface area contributed by atoms with E-state index in [2.05, 4.69) is 15.6 Å². The molecule has 1 aliphatic carbocycles. The highest BCUT2D eigenvalue weighted by Crippen LogP contribution is 2.37. The third kappa shape index (κ3) is 5.22. The molecule has 0 aliphatic heterocycles. The van der Waals surface area contributed by atoms with Crippen molar-refractivity contribution in [2.75, 3.05) is 24.3 Å². The predicted octanol–water partition coefficient (Wildman–Crippen LogP) is 6.13. The summed E-state index contributed by atoms with van der Waals surface area (Å²) in [5, 5.41) is 7.14. The average Bonchev–Trinajstić information content (AvgIpc) is 2.82. The fourth-order valence-corrected chi connectivity index (χ4v) is 4.68. The van der Waals surface area contributed by atoms with E-state index >= 15 is 0 Å². The highest BCUT2D eigenvalue weighted by atomic mass is 35.5. The lowest BCUT2D eigenvalue weighted by Crippen LogP contribution is -2.43. The van der Waals surface area contributed by atoms with Crippen LogP contribution >= 0.6 is 11.6 Å². The Morgan fingerprint density at radius 2 is 1.82 bits per heavy atom. The molecule has 0 atom stereocenters. The highest BCUT2D eigenvalue weighted by molar-refractivity contribution is 6.31. The van der Waals surface area contributed by atoms with Gasteiger partial charge in [-0.3, -0.25) is 4.79 Å². The van der Waals surface area contributed by atoms with Gasteiger partial charge in [0, 0.05) is 53.5 Å². The number of carbonyl (C=O) groups is 1. The van der Waals surface area contributed by atoms with E-state index in [1.807, 2.05) is 24.1 Å². The van der Waals surface area contributed by atoms with Gasteiger partial charge in [0.25, 0.3) is 5.91 Å². The third-order valence-electron chi connectivity index (χ3n) is 6.41. The Morgan fingerprint density at radius 3 is 2.50 bits per heavy atom. The molecule has 1 aromatic heterocycles. The Bertz CT molecular complexity index is 1190. The van der Waals surface area contributed by atoms with Crippen LogP contribution in [0.2, 0.25) is 5.02 Å². The molecule has 1 amide bonds. The van der Waals surface area contributed by atoms with Gasteiger partial charge >= 0.3 is 6.18 Å². The molecule has 0 bridgehead atoms. The summed E-state index contributed by atoms with van der Waals surface area (Å²) in [7, 11) is 3.61. The van der Waals surface area contributed by atoms with Crippen LogP contribution in [-0.2, 0) is 6.18 Å². The van der Waals surface area contributed by atoms with E-state index in [4.69, 9.17) is 11.6 Å². The summed E-state index contributed by atoms with van der Waals surface area (Å²) in [6, 6.07) is 13.1. The second kappa shape index (κ2) is 9.70. The minimum atomic E-state index is -4.55. The molecule has 0 saturated heterocycles. The predicted molar refractivity (Wildman–Crippen MR) is 130 cm³/mol. The fraction of sp³-hybridized carbons (Fsp3) is 0.360. The summed E-state index contributed by atoms with van der Waals surface area (Å²) in [6.45, 7) is 0. The van der Waals surface area contributed by atoms with E-state index < -0.39 is 11.9 Å². The van der Waals surface area contributed by atoms with Crippen molar-refractivity contribution in [2.24, 2.45) is 0 Å². The quantitative estimate of drug-likeness (QED) is 0.452. The van der Waals surface area contributed by atoms with Crippen LogP contribution in [0.5, 0.6) is 0 Å². The van der Waals surface area contributed by atoms with Crippen LogP contribution < -0.4 is 15.5 Å². The number of fused-ring (bicyclic) bond motifs is 1. The van der Waals surface area contributed by atoms with Crippen LogP contribution in [0.3, 0.4) is 0 Å². The van der Waals surface area contributed by atoms with Gasteiger partial charge in [0.2, 0.25) is 0 Å². The molecule has 0 unspecified atom stereocenters. The molecule has 1 aliphatic rings. The maximum Gasteiger partial charge on any atom is 0.433 e. The summed E-state index contributed by atoms with van der Waals surface area (Å²) in [5.41, 5.74) is 1.24. The molecular weight excluding hydrogens is 465 g/mol. The lowest BCUT2D eigenvalue weighted by Gasteiger charge is -2.37. The largest absolute Gasteiger partial charge is 0.433 e. The van der Waals surface area contributed by atoms with E-state index in [1.54, 1.807) is 31.3 Å². The first-order valence-electron chi connectivity index (χ1n) is 11.1. The number of carbonyl (C=O) groups excluding carboxylic acids is 1. The Labute approximate surface area is 201 Å². The summed E-state index contributed by atoms with van der Waals surface area (Å²) >= 11 is 6.14. The Morgan fingerprint density at radius 1 is 1.09 bits per heavy atom.